The Bertz CT molecular complexity index is 978. The van der Waals surface area contributed by atoms with Gasteiger partial charge >= 0.3 is 0 Å². The van der Waals surface area contributed by atoms with Gasteiger partial charge in [-0.2, -0.15) is 5.10 Å². The molecule has 1 aromatic carbocycles. The number of hydrogen-bond donors (Lipinski definition) is 1. The summed E-state index contributed by atoms with van der Waals surface area (Å²) in [4.78, 5) is 8.69. The Kier molecular flexibility index (Phi) is 4.95. The van der Waals surface area contributed by atoms with Crippen molar-refractivity contribution in [2.45, 2.75) is 19.4 Å². The van der Waals surface area contributed by atoms with Gasteiger partial charge in [-0.05, 0) is 48.7 Å². The van der Waals surface area contributed by atoms with Crippen LogP contribution >= 0.6 is 11.6 Å². The Morgan fingerprint density at radius 1 is 1.27 bits per heavy atom. The molecule has 1 saturated heterocycles. The molecule has 2 fully saturated rings. The summed E-state index contributed by atoms with van der Waals surface area (Å²) in [6.45, 7) is 7.99. The van der Waals surface area contributed by atoms with Gasteiger partial charge < -0.3 is 15.1 Å². The van der Waals surface area contributed by atoms with Crippen LogP contribution in [-0.2, 0) is 6.54 Å². The van der Waals surface area contributed by atoms with Crippen LogP contribution in [-0.4, -0.2) is 43.7 Å². The van der Waals surface area contributed by atoms with E-state index in [1.54, 1.807) is 6.07 Å². The van der Waals surface area contributed by atoms with Gasteiger partial charge in [-0.15, -0.1) is 5.10 Å². The number of aromatic nitrogens is 1. The summed E-state index contributed by atoms with van der Waals surface area (Å²) >= 11 is 6.22. The van der Waals surface area contributed by atoms with Crippen LogP contribution in [0.4, 0.5) is 15.9 Å². The van der Waals surface area contributed by atoms with Gasteiger partial charge in [0.15, 0.2) is 0 Å². The van der Waals surface area contributed by atoms with Crippen molar-refractivity contribution in [3.63, 3.8) is 0 Å². The highest BCUT2D eigenvalue weighted by Gasteiger charge is 2.54. The van der Waals surface area contributed by atoms with Crippen molar-refractivity contribution in [2.75, 3.05) is 36.0 Å². The monoisotopic (exact) mass is 426 g/mol. The van der Waals surface area contributed by atoms with E-state index in [-0.39, 0.29) is 11.2 Å². The highest BCUT2D eigenvalue weighted by molar-refractivity contribution is 6.30. The van der Waals surface area contributed by atoms with Crippen LogP contribution in [0.5, 0.6) is 0 Å². The van der Waals surface area contributed by atoms with Crippen LogP contribution in [0, 0.1) is 17.2 Å². The molecule has 1 aromatic heterocycles. The van der Waals surface area contributed by atoms with Gasteiger partial charge in [-0.1, -0.05) is 11.6 Å². The van der Waals surface area contributed by atoms with Crippen LogP contribution in [0.3, 0.4) is 0 Å². The predicted octanol–water partition coefficient (Wildman–Crippen LogP) is 3.71. The van der Waals surface area contributed by atoms with Gasteiger partial charge in [0.05, 0.1) is 6.20 Å². The number of anilines is 2. The quantitative estimate of drug-likeness (QED) is 0.461. The van der Waals surface area contributed by atoms with Crippen molar-refractivity contribution in [1.29, 1.82) is 0 Å². The number of rotatable bonds is 3. The topological polar surface area (TPSA) is 56.1 Å². The maximum atomic E-state index is 13.1. The molecular weight excluding hydrogens is 403 g/mol. The first-order valence-corrected chi connectivity index (χ1v) is 10.6. The first kappa shape index (κ1) is 19.5. The van der Waals surface area contributed by atoms with E-state index >= 15 is 0 Å². The molecule has 2 aliphatic heterocycles. The molecule has 2 aromatic rings. The third kappa shape index (κ3) is 3.46. The Morgan fingerprint density at radius 3 is 2.83 bits per heavy atom. The minimum Gasteiger partial charge on any atom is -0.355 e. The highest BCUT2D eigenvalue weighted by Crippen LogP contribution is 2.53. The summed E-state index contributed by atoms with van der Waals surface area (Å²) in [5.41, 5.74) is 2.59. The molecule has 6 nitrogen and oxygen atoms in total. The van der Waals surface area contributed by atoms with E-state index < -0.39 is 0 Å². The zero-order valence-electron chi connectivity index (χ0n) is 16.7. The summed E-state index contributed by atoms with van der Waals surface area (Å²) < 4.78 is 13.1. The molecule has 0 bridgehead atoms. The number of hydrogen-bond acceptors (Lipinski definition) is 5. The lowest BCUT2D eigenvalue weighted by atomic mass is 9.57. The van der Waals surface area contributed by atoms with Crippen molar-refractivity contribution >= 4 is 35.7 Å². The molecule has 0 atom stereocenters. The predicted molar refractivity (Wildman–Crippen MR) is 119 cm³/mol. The minimum atomic E-state index is -0.302. The molecule has 30 heavy (non-hydrogen) atoms. The fourth-order valence-electron chi connectivity index (χ4n) is 5.07. The molecule has 3 aliphatic rings. The van der Waals surface area contributed by atoms with Gasteiger partial charge in [0.1, 0.15) is 17.5 Å². The van der Waals surface area contributed by atoms with Crippen molar-refractivity contribution in [3.05, 3.63) is 52.9 Å². The minimum absolute atomic E-state index is 0.287. The summed E-state index contributed by atoms with van der Waals surface area (Å²) in [5, 5.41) is 12.6. The fourth-order valence-corrected chi connectivity index (χ4v) is 5.26. The van der Waals surface area contributed by atoms with Crippen molar-refractivity contribution in [2.24, 2.45) is 21.5 Å². The zero-order valence-corrected chi connectivity index (χ0v) is 17.4. The third-order valence-corrected chi connectivity index (χ3v) is 6.66. The summed E-state index contributed by atoms with van der Waals surface area (Å²) in [6.07, 6.45) is 3.40. The molecule has 5 rings (SSSR count). The van der Waals surface area contributed by atoms with E-state index in [0.29, 0.717) is 5.92 Å². The Hall–Kier alpha value is -2.51. The first-order valence-electron chi connectivity index (χ1n) is 10.2. The normalized spacial score (nSPS) is 20.9. The van der Waals surface area contributed by atoms with E-state index in [2.05, 4.69) is 43.1 Å². The van der Waals surface area contributed by atoms with E-state index in [1.165, 1.54) is 17.8 Å². The molecule has 3 heterocycles. The van der Waals surface area contributed by atoms with Crippen LogP contribution in [0.25, 0.3) is 0 Å². The van der Waals surface area contributed by atoms with E-state index in [0.717, 1.165) is 67.9 Å². The van der Waals surface area contributed by atoms with Gasteiger partial charge in [0.25, 0.3) is 0 Å². The largest absolute Gasteiger partial charge is 0.355 e. The van der Waals surface area contributed by atoms with Crippen molar-refractivity contribution < 1.29 is 4.39 Å². The average Bonchev–Trinajstić information content (AvgIpc) is 2.88. The lowest BCUT2D eigenvalue weighted by Crippen LogP contribution is -2.64. The van der Waals surface area contributed by atoms with Crippen LogP contribution in [0.2, 0.25) is 5.02 Å². The molecule has 1 N–H and O–H groups in total. The van der Waals surface area contributed by atoms with Gasteiger partial charge in [-0.3, -0.25) is 0 Å². The molecule has 0 unspecified atom stereocenters. The molecule has 0 radical (unpaired) electrons. The Labute approximate surface area is 180 Å². The number of pyridine rings is 1. The van der Waals surface area contributed by atoms with Crippen LogP contribution in [0.15, 0.2) is 46.7 Å². The average molecular weight is 427 g/mol. The van der Waals surface area contributed by atoms with Gasteiger partial charge in [0.2, 0.25) is 0 Å². The van der Waals surface area contributed by atoms with Crippen LogP contribution in [0.1, 0.15) is 18.4 Å². The first-order chi connectivity index (χ1) is 14.6. The second-order valence-corrected chi connectivity index (χ2v) is 8.93. The van der Waals surface area contributed by atoms with Gasteiger partial charge in [-0.25, -0.2) is 9.37 Å². The van der Waals surface area contributed by atoms with Crippen molar-refractivity contribution in [3.8, 4) is 0 Å². The Balaban J connectivity index is 1.30. The molecule has 1 saturated carbocycles. The second-order valence-electron chi connectivity index (χ2n) is 8.50. The summed E-state index contributed by atoms with van der Waals surface area (Å²) in [6, 6.07) is 9.24. The zero-order chi connectivity index (χ0) is 20.7. The second kappa shape index (κ2) is 7.63. The number of fused-ring (bicyclic) bond motifs is 1. The molecule has 8 heteroatoms. The fraction of sp³-hybridized carbons (Fsp3) is 0.409. The van der Waals surface area contributed by atoms with Crippen LogP contribution < -0.4 is 15.1 Å². The summed E-state index contributed by atoms with van der Waals surface area (Å²) in [5.74, 6) is 1.88. The molecular formula is C22H24ClFN6. The van der Waals surface area contributed by atoms with Crippen molar-refractivity contribution in [1.82, 2.24) is 10.3 Å². The van der Waals surface area contributed by atoms with Gasteiger partial charge in [0, 0.05) is 61.5 Å². The van der Waals surface area contributed by atoms with E-state index in [1.807, 2.05) is 12.1 Å². The number of benzene rings is 1. The number of halogens is 2. The highest BCUT2D eigenvalue weighted by atomic mass is 35.5. The lowest BCUT2D eigenvalue weighted by molar-refractivity contribution is 0.0559. The Morgan fingerprint density at radius 2 is 2.10 bits per heavy atom. The number of nitrogens with zero attached hydrogens (tertiary/aromatic N) is 5. The molecule has 0 amide bonds. The maximum Gasteiger partial charge on any atom is 0.141 e. The standard InChI is InChI=1S/C22H24ClFN6/c1-25-28-21(30-7-6-26-11-15-8-17(23)2-4-19(15)30)16-9-22(10-16)13-29(14-22)20-5-3-18(24)12-27-20/h2-5,8,12,16,26H,1,6-7,9-11,13-14H2/b28-21-. The number of nitrogens with one attached hydrogen (secondary N) is 1. The van der Waals surface area contributed by atoms with E-state index in [4.69, 9.17) is 11.6 Å². The summed E-state index contributed by atoms with van der Waals surface area (Å²) in [7, 11) is 0. The molecule has 156 valence electrons. The molecule has 1 aliphatic carbocycles. The molecule has 1 spiro atoms. The van der Waals surface area contributed by atoms with E-state index in [9.17, 15) is 4.39 Å². The smallest absolute Gasteiger partial charge is 0.141 e. The number of amidine groups is 1. The maximum absolute atomic E-state index is 13.1. The third-order valence-electron chi connectivity index (χ3n) is 6.42. The SMILES string of the molecule is C=N/N=C(/C1CC2(C1)CN(c1ccc(F)cn1)C2)N1CCNCc2cc(Cl)ccc21. The lowest BCUT2D eigenvalue weighted by Gasteiger charge is -2.60.